The highest BCUT2D eigenvalue weighted by atomic mass is 16.2. The van der Waals surface area contributed by atoms with Gasteiger partial charge in [-0.1, -0.05) is 18.2 Å². The third kappa shape index (κ3) is 2.93. The molecule has 2 aromatic rings. The number of amides is 1. The van der Waals surface area contributed by atoms with Gasteiger partial charge in [-0.2, -0.15) is 0 Å². The largest absolute Gasteiger partial charge is 0.355 e. The quantitative estimate of drug-likeness (QED) is 0.839. The number of benzene rings is 1. The van der Waals surface area contributed by atoms with Crippen LogP contribution in [0.3, 0.4) is 0 Å². The zero-order valence-corrected chi connectivity index (χ0v) is 11.6. The fraction of sp³-hybridized carbons (Fsp3) is 0.267. The summed E-state index contributed by atoms with van der Waals surface area (Å²) in [7, 11) is 1.75. The van der Waals surface area contributed by atoms with Crippen LogP contribution in [0, 0.1) is 0 Å². The lowest BCUT2D eigenvalue weighted by atomic mass is 10.1. The summed E-state index contributed by atoms with van der Waals surface area (Å²) in [5, 5.41) is 3.63. The number of aldehydes is 1. The van der Waals surface area contributed by atoms with Crippen molar-refractivity contribution in [1.29, 1.82) is 0 Å². The molecule has 5 heteroatoms. The molecule has 1 amide bonds. The standard InChI is InChI=1S/C15H17N3O2/c1-3-16-14(20)9-18(2)15-12(10-19)8-11-6-4-5-7-13(11)17-15/h4-8,10H,3,9H2,1-2H3,(H,16,20). The minimum atomic E-state index is -0.0955. The van der Waals surface area contributed by atoms with Crippen molar-refractivity contribution >= 4 is 28.9 Å². The molecule has 1 heterocycles. The van der Waals surface area contributed by atoms with Crippen LogP contribution in [-0.4, -0.2) is 37.3 Å². The molecule has 1 N–H and O–H groups in total. The molecule has 0 fully saturated rings. The van der Waals surface area contributed by atoms with Crippen molar-refractivity contribution in [3.05, 3.63) is 35.9 Å². The van der Waals surface area contributed by atoms with Crippen LogP contribution in [0.1, 0.15) is 17.3 Å². The van der Waals surface area contributed by atoms with E-state index in [1.807, 2.05) is 31.2 Å². The lowest BCUT2D eigenvalue weighted by Crippen LogP contribution is -2.35. The smallest absolute Gasteiger partial charge is 0.239 e. The fourth-order valence-corrected chi connectivity index (χ4v) is 2.06. The number of aromatic nitrogens is 1. The number of likely N-dealkylation sites (N-methyl/N-ethyl adjacent to an activating group) is 2. The monoisotopic (exact) mass is 271 g/mol. The van der Waals surface area contributed by atoms with Gasteiger partial charge in [0.25, 0.3) is 0 Å². The molecule has 1 aromatic heterocycles. The van der Waals surface area contributed by atoms with Crippen molar-refractivity contribution in [1.82, 2.24) is 10.3 Å². The zero-order valence-electron chi connectivity index (χ0n) is 11.6. The molecule has 0 bridgehead atoms. The van der Waals surface area contributed by atoms with Crippen molar-refractivity contribution in [2.24, 2.45) is 0 Å². The van der Waals surface area contributed by atoms with Gasteiger partial charge >= 0.3 is 0 Å². The van der Waals surface area contributed by atoms with Gasteiger partial charge in [0.2, 0.25) is 5.91 Å². The van der Waals surface area contributed by atoms with Gasteiger partial charge in [0.05, 0.1) is 17.6 Å². The van der Waals surface area contributed by atoms with E-state index in [4.69, 9.17) is 0 Å². The van der Waals surface area contributed by atoms with E-state index in [0.29, 0.717) is 17.9 Å². The van der Waals surface area contributed by atoms with E-state index in [9.17, 15) is 9.59 Å². The molecular formula is C15H17N3O2. The second kappa shape index (κ2) is 6.14. The summed E-state index contributed by atoms with van der Waals surface area (Å²) in [6.45, 7) is 2.61. The minimum absolute atomic E-state index is 0.0955. The molecule has 0 saturated carbocycles. The first-order valence-corrected chi connectivity index (χ1v) is 6.48. The van der Waals surface area contributed by atoms with Crippen molar-refractivity contribution in [3.8, 4) is 0 Å². The van der Waals surface area contributed by atoms with Gasteiger partial charge in [-0.3, -0.25) is 9.59 Å². The first kappa shape index (κ1) is 14.0. The topological polar surface area (TPSA) is 62.3 Å². The Kier molecular flexibility index (Phi) is 4.30. The number of anilines is 1. The van der Waals surface area contributed by atoms with Gasteiger partial charge < -0.3 is 10.2 Å². The predicted molar refractivity (Wildman–Crippen MR) is 79.1 cm³/mol. The molecule has 1 aromatic carbocycles. The van der Waals surface area contributed by atoms with Crippen molar-refractivity contribution in [3.63, 3.8) is 0 Å². The van der Waals surface area contributed by atoms with Crippen molar-refractivity contribution in [2.45, 2.75) is 6.92 Å². The highest BCUT2D eigenvalue weighted by molar-refractivity contribution is 5.92. The molecule has 0 aliphatic heterocycles. The molecule has 2 rings (SSSR count). The number of hydrogen-bond acceptors (Lipinski definition) is 4. The summed E-state index contributed by atoms with van der Waals surface area (Å²) < 4.78 is 0. The van der Waals surface area contributed by atoms with Gasteiger partial charge in [0, 0.05) is 19.0 Å². The lowest BCUT2D eigenvalue weighted by molar-refractivity contribution is -0.119. The second-order valence-corrected chi connectivity index (χ2v) is 4.52. The predicted octanol–water partition coefficient (Wildman–Crippen LogP) is 1.62. The number of hydrogen-bond donors (Lipinski definition) is 1. The average molecular weight is 271 g/mol. The number of carbonyl (C=O) groups is 2. The van der Waals surface area contributed by atoms with Crippen molar-refractivity contribution in [2.75, 3.05) is 25.0 Å². The molecule has 0 aliphatic carbocycles. The van der Waals surface area contributed by atoms with Gasteiger partial charge in [-0.05, 0) is 19.1 Å². The SMILES string of the molecule is CCNC(=O)CN(C)c1nc2ccccc2cc1C=O. The second-order valence-electron chi connectivity index (χ2n) is 4.52. The third-order valence-electron chi connectivity index (χ3n) is 2.98. The van der Waals surface area contributed by atoms with E-state index in [1.165, 1.54) is 0 Å². The molecule has 5 nitrogen and oxygen atoms in total. The van der Waals surface area contributed by atoms with E-state index >= 15 is 0 Å². The third-order valence-corrected chi connectivity index (χ3v) is 2.98. The lowest BCUT2D eigenvalue weighted by Gasteiger charge is -2.19. The van der Waals surface area contributed by atoms with E-state index in [1.54, 1.807) is 18.0 Å². The van der Waals surface area contributed by atoms with Crippen LogP contribution < -0.4 is 10.2 Å². The summed E-state index contributed by atoms with van der Waals surface area (Å²) in [5.74, 6) is 0.423. The van der Waals surface area contributed by atoms with Gasteiger partial charge in [0.1, 0.15) is 5.82 Å². The van der Waals surface area contributed by atoms with Crippen LogP contribution in [0.5, 0.6) is 0 Å². The molecule has 0 aliphatic rings. The van der Waals surface area contributed by atoms with E-state index < -0.39 is 0 Å². The van der Waals surface area contributed by atoms with Crippen LogP contribution in [-0.2, 0) is 4.79 Å². The van der Waals surface area contributed by atoms with Crippen molar-refractivity contribution < 1.29 is 9.59 Å². The van der Waals surface area contributed by atoms with Crippen LogP contribution in [0.2, 0.25) is 0 Å². The normalized spacial score (nSPS) is 10.3. The molecule has 0 radical (unpaired) electrons. The highest BCUT2D eigenvalue weighted by Gasteiger charge is 2.13. The molecule has 0 unspecified atom stereocenters. The number of nitrogens with one attached hydrogen (secondary N) is 1. The number of nitrogens with zero attached hydrogens (tertiary/aromatic N) is 2. The maximum Gasteiger partial charge on any atom is 0.239 e. The number of pyridine rings is 1. The van der Waals surface area contributed by atoms with E-state index in [0.717, 1.165) is 17.2 Å². The maximum absolute atomic E-state index is 11.6. The highest BCUT2D eigenvalue weighted by Crippen LogP contribution is 2.21. The minimum Gasteiger partial charge on any atom is -0.355 e. The Bertz CT molecular complexity index is 640. The molecule has 20 heavy (non-hydrogen) atoms. The first-order valence-electron chi connectivity index (χ1n) is 6.48. The Hall–Kier alpha value is -2.43. The summed E-state index contributed by atoms with van der Waals surface area (Å²) in [6.07, 6.45) is 0.767. The van der Waals surface area contributed by atoms with Gasteiger partial charge in [-0.15, -0.1) is 0 Å². The van der Waals surface area contributed by atoms with Crippen LogP contribution in [0.25, 0.3) is 10.9 Å². The molecular weight excluding hydrogens is 254 g/mol. The molecule has 104 valence electrons. The van der Waals surface area contributed by atoms with E-state index in [-0.39, 0.29) is 12.5 Å². The summed E-state index contributed by atoms with van der Waals surface area (Å²) >= 11 is 0. The zero-order chi connectivity index (χ0) is 14.5. The fourth-order valence-electron chi connectivity index (χ4n) is 2.06. The average Bonchev–Trinajstić information content (AvgIpc) is 2.45. The Morgan fingerprint density at radius 2 is 2.15 bits per heavy atom. The Labute approximate surface area is 117 Å². The number of rotatable bonds is 5. The summed E-state index contributed by atoms with van der Waals surface area (Å²) in [5.41, 5.74) is 1.28. The molecule has 0 atom stereocenters. The summed E-state index contributed by atoms with van der Waals surface area (Å²) in [4.78, 5) is 29.0. The maximum atomic E-state index is 11.6. The van der Waals surface area contributed by atoms with Gasteiger partial charge in [-0.25, -0.2) is 4.98 Å². The van der Waals surface area contributed by atoms with Gasteiger partial charge in [0.15, 0.2) is 6.29 Å². The Morgan fingerprint density at radius 3 is 2.85 bits per heavy atom. The Balaban J connectivity index is 2.36. The summed E-state index contributed by atoms with van der Waals surface area (Å²) in [6, 6.07) is 9.37. The number of fused-ring (bicyclic) bond motifs is 1. The van der Waals surface area contributed by atoms with Crippen LogP contribution in [0.4, 0.5) is 5.82 Å². The number of para-hydroxylation sites is 1. The Morgan fingerprint density at radius 1 is 1.40 bits per heavy atom. The van der Waals surface area contributed by atoms with Crippen LogP contribution in [0.15, 0.2) is 30.3 Å². The molecule has 0 saturated heterocycles. The number of carbonyl (C=O) groups excluding carboxylic acids is 2. The van der Waals surface area contributed by atoms with E-state index in [2.05, 4.69) is 10.3 Å². The molecule has 0 spiro atoms. The first-order chi connectivity index (χ1) is 9.65. The van der Waals surface area contributed by atoms with Crippen LogP contribution >= 0.6 is 0 Å².